The minimum absolute atomic E-state index is 0.214. The van der Waals surface area contributed by atoms with Gasteiger partial charge in [-0.15, -0.1) is 0 Å². The number of fused-ring (bicyclic) bond motifs is 5. The summed E-state index contributed by atoms with van der Waals surface area (Å²) in [7, 11) is 0. The van der Waals surface area contributed by atoms with Crippen molar-refractivity contribution in [1.29, 1.82) is 0 Å². The first kappa shape index (κ1) is 34.8. The second-order valence-corrected chi connectivity index (χ2v) is 15.4. The van der Waals surface area contributed by atoms with Gasteiger partial charge in [0.2, 0.25) is 0 Å². The highest BCUT2D eigenvalue weighted by Crippen LogP contribution is 2.47. The van der Waals surface area contributed by atoms with Gasteiger partial charge in [-0.1, -0.05) is 109 Å². The van der Waals surface area contributed by atoms with E-state index in [4.69, 9.17) is 4.74 Å². The van der Waals surface area contributed by atoms with E-state index in [0.717, 1.165) is 56.3 Å². The molecule has 57 heavy (non-hydrogen) atoms. The number of nitrogens with zero attached hydrogens (tertiary/aromatic N) is 1. The van der Waals surface area contributed by atoms with Gasteiger partial charge in [-0.25, -0.2) is 4.39 Å². The van der Waals surface area contributed by atoms with Crippen molar-refractivity contribution in [1.82, 2.24) is 4.57 Å². The maximum absolute atomic E-state index is 13.2. The summed E-state index contributed by atoms with van der Waals surface area (Å²) in [5.41, 5.74) is 12.5. The van der Waals surface area contributed by atoms with E-state index in [1.165, 1.54) is 53.9 Å². The molecule has 1 aromatic heterocycles. The van der Waals surface area contributed by atoms with Crippen LogP contribution in [0.25, 0.3) is 71.6 Å². The average Bonchev–Trinajstić information content (AvgIpc) is 3.58. The first-order chi connectivity index (χ1) is 28.1. The molecule has 11 rings (SSSR count). The van der Waals surface area contributed by atoms with Crippen molar-refractivity contribution < 1.29 is 9.13 Å². The number of rotatable bonds is 5. The van der Waals surface area contributed by atoms with Crippen molar-refractivity contribution >= 4 is 66.5 Å². The van der Waals surface area contributed by atoms with E-state index >= 15 is 0 Å². The third-order valence-corrected chi connectivity index (χ3v) is 11.2. The molecule has 0 unspecified atom stereocenters. The summed E-state index contributed by atoms with van der Waals surface area (Å²) in [4.78, 5) is 0. The summed E-state index contributed by atoms with van der Waals surface area (Å²) < 4.78 is 22.9. The normalized spacial score (nSPS) is 11.5. The number of ether oxygens (including phenoxy) is 1. The molecular weight excluding hydrogens is 814 g/mol. The first-order valence-electron chi connectivity index (χ1n) is 18.9. The predicted molar refractivity (Wildman–Crippen MR) is 244 cm³/mol. The van der Waals surface area contributed by atoms with Gasteiger partial charge in [-0.2, -0.15) is 0 Å². The second-order valence-electron chi connectivity index (χ2n) is 14.1. The molecule has 2 heterocycles. The molecule has 0 bridgehead atoms. The lowest BCUT2D eigenvalue weighted by atomic mass is 9.93. The molecule has 1 aliphatic heterocycles. The van der Waals surface area contributed by atoms with Crippen molar-refractivity contribution in [3.8, 4) is 50.6 Å². The molecule has 10 aromatic rings. The van der Waals surface area contributed by atoms with Gasteiger partial charge in [-0.05, 0) is 147 Å². The molecule has 0 amide bonds. The van der Waals surface area contributed by atoms with E-state index in [1.54, 1.807) is 0 Å². The quantitative estimate of drug-likeness (QED) is 0.175. The molecule has 0 radical (unpaired) electrons. The molecule has 9 aromatic carbocycles. The smallest absolute Gasteiger partial charge is 0.135 e. The number of benzene rings is 9. The fourth-order valence-corrected chi connectivity index (χ4v) is 8.34. The van der Waals surface area contributed by atoms with Crippen LogP contribution in [0.2, 0.25) is 0 Å². The second kappa shape index (κ2) is 14.8. The van der Waals surface area contributed by atoms with Crippen molar-refractivity contribution in [3.05, 3.63) is 210 Å². The summed E-state index contributed by atoms with van der Waals surface area (Å²) in [6, 6.07) is 68.1. The Morgan fingerprint density at radius 3 is 1.84 bits per heavy atom. The molecule has 5 heteroatoms. The topological polar surface area (TPSA) is 26.2 Å². The van der Waals surface area contributed by atoms with Crippen LogP contribution in [0, 0.1) is 9.39 Å². The van der Waals surface area contributed by atoms with Crippen molar-refractivity contribution in [2.45, 2.75) is 0 Å². The number of para-hydroxylation sites is 1. The number of halogens is 2. The Hall–Kier alpha value is -6.70. The molecule has 0 spiro atoms. The summed E-state index contributed by atoms with van der Waals surface area (Å²) >= 11 is 2.33. The zero-order valence-corrected chi connectivity index (χ0v) is 32.8. The van der Waals surface area contributed by atoms with Crippen LogP contribution in [0.3, 0.4) is 0 Å². The van der Waals surface area contributed by atoms with Crippen molar-refractivity contribution in [3.63, 3.8) is 0 Å². The van der Waals surface area contributed by atoms with Gasteiger partial charge in [-0.3, -0.25) is 0 Å². The van der Waals surface area contributed by atoms with Gasteiger partial charge in [0.15, 0.2) is 0 Å². The molecular formula is C52H34FIN2O. The standard InChI is InChI=1S/C34H23NO.C18H11FIN/c1-2-6-23(7-3-1)24-12-17-28(18-13-24)35-29-19-14-25(15-20-29)27-16-21-30-31-10-4-8-26-9-5-11-32(34(26)31)36-33(30)22-27;19-12-5-8-14(9-6-12)21-17-4-2-1-3-15(17)16-11-13(20)7-10-18(16)21/h1-22,35H;1-11H. The maximum atomic E-state index is 13.2. The number of hydrogen-bond acceptors (Lipinski definition) is 2. The first-order valence-corrected chi connectivity index (χ1v) is 20.0. The maximum Gasteiger partial charge on any atom is 0.135 e. The number of hydrogen-bond donors (Lipinski definition) is 1. The number of aromatic nitrogens is 1. The lowest BCUT2D eigenvalue weighted by Crippen LogP contribution is -1.97. The Morgan fingerprint density at radius 1 is 0.456 bits per heavy atom. The molecule has 0 aliphatic carbocycles. The zero-order valence-electron chi connectivity index (χ0n) is 30.7. The van der Waals surface area contributed by atoms with Crippen LogP contribution in [0.4, 0.5) is 15.8 Å². The van der Waals surface area contributed by atoms with Crippen LogP contribution in [0.5, 0.6) is 11.5 Å². The largest absolute Gasteiger partial charge is 0.456 e. The van der Waals surface area contributed by atoms with Crippen LogP contribution in [0.1, 0.15) is 0 Å². The summed E-state index contributed by atoms with van der Waals surface area (Å²) in [6.45, 7) is 0. The van der Waals surface area contributed by atoms with Crippen LogP contribution in [0.15, 0.2) is 200 Å². The molecule has 0 fully saturated rings. The zero-order chi connectivity index (χ0) is 38.3. The molecule has 0 saturated heterocycles. The van der Waals surface area contributed by atoms with E-state index in [1.807, 2.05) is 30.3 Å². The van der Waals surface area contributed by atoms with E-state index in [9.17, 15) is 4.39 Å². The molecule has 272 valence electrons. The van der Waals surface area contributed by atoms with Gasteiger partial charge in [0, 0.05) is 42.4 Å². The summed E-state index contributed by atoms with van der Waals surface area (Å²) in [6.07, 6.45) is 0. The Labute approximate surface area is 343 Å². The lowest BCUT2D eigenvalue weighted by Gasteiger charge is -2.22. The third kappa shape index (κ3) is 6.70. The minimum atomic E-state index is -0.214. The Balaban J connectivity index is 0.000000160. The predicted octanol–water partition coefficient (Wildman–Crippen LogP) is 15.2. The number of anilines is 2. The van der Waals surface area contributed by atoms with Crippen LogP contribution in [-0.2, 0) is 0 Å². The fourth-order valence-electron chi connectivity index (χ4n) is 7.85. The highest BCUT2D eigenvalue weighted by atomic mass is 127. The molecule has 0 atom stereocenters. The molecule has 3 nitrogen and oxygen atoms in total. The third-order valence-electron chi connectivity index (χ3n) is 10.6. The fraction of sp³-hybridized carbons (Fsp3) is 0. The van der Waals surface area contributed by atoms with Crippen LogP contribution in [-0.4, -0.2) is 4.57 Å². The Bertz CT molecular complexity index is 3060. The van der Waals surface area contributed by atoms with E-state index in [-0.39, 0.29) is 5.82 Å². The average molecular weight is 849 g/mol. The lowest BCUT2D eigenvalue weighted by molar-refractivity contribution is 0.487. The van der Waals surface area contributed by atoms with Crippen molar-refractivity contribution in [2.75, 3.05) is 5.32 Å². The van der Waals surface area contributed by atoms with Gasteiger partial charge < -0.3 is 14.6 Å². The summed E-state index contributed by atoms with van der Waals surface area (Å²) in [5, 5.41) is 8.34. The Morgan fingerprint density at radius 2 is 1.09 bits per heavy atom. The highest BCUT2D eigenvalue weighted by Gasteiger charge is 2.20. The Kier molecular flexibility index (Phi) is 9.00. The van der Waals surface area contributed by atoms with Gasteiger partial charge in [0.05, 0.1) is 11.0 Å². The van der Waals surface area contributed by atoms with Gasteiger partial charge >= 0.3 is 0 Å². The minimum Gasteiger partial charge on any atom is -0.456 e. The molecule has 1 aliphatic rings. The molecule has 1 N–H and O–H groups in total. The highest BCUT2D eigenvalue weighted by molar-refractivity contribution is 14.1. The monoisotopic (exact) mass is 848 g/mol. The van der Waals surface area contributed by atoms with Gasteiger partial charge in [0.25, 0.3) is 0 Å². The van der Waals surface area contributed by atoms with Gasteiger partial charge in [0.1, 0.15) is 17.3 Å². The van der Waals surface area contributed by atoms with E-state index in [2.05, 4.69) is 190 Å². The summed E-state index contributed by atoms with van der Waals surface area (Å²) in [5.74, 6) is 1.61. The number of nitrogens with one attached hydrogen (secondary N) is 1. The van der Waals surface area contributed by atoms with E-state index < -0.39 is 0 Å². The van der Waals surface area contributed by atoms with Crippen LogP contribution >= 0.6 is 22.6 Å². The molecule has 0 saturated carbocycles. The van der Waals surface area contributed by atoms with E-state index in [0.29, 0.717) is 0 Å². The van der Waals surface area contributed by atoms with Crippen molar-refractivity contribution in [2.24, 2.45) is 0 Å². The SMILES string of the molecule is Fc1ccc(-n2c3ccccc3c3cc(I)ccc32)cc1.c1ccc(-c2ccc(Nc3ccc(-c4ccc5c(c4)Oc4cccc6cccc-5c46)cc3)cc2)cc1. The van der Waals surface area contributed by atoms with Crippen LogP contribution < -0.4 is 10.1 Å².